The van der Waals surface area contributed by atoms with Crippen molar-refractivity contribution in [2.24, 2.45) is 0 Å². The van der Waals surface area contributed by atoms with Gasteiger partial charge in [0.2, 0.25) is 11.8 Å². The largest absolute Gasteiger partial charge is 0.459 e. The summed E-state index contributed by atoms with van der Waals surface area (Å²) in [5.41, 5.74) is 1.07. The average Bonchev–Trinajstić information content (AvgIpc) is 3.00. The van der Waals surface area contributed by atoms with Crippen LogP contribution >= 0.6 is 0 Å². The lowest BCUT2D eigenvalue weighted by Gasteiger charge is -2.43. The molecule has 2 fully saturated rings. The van der Waals surface area contributed by atoms with Crippen LogP contribution in [0.5, 0.6) is 0 Å². The first-order valence-corrected chi connectivity index (χ1v) is 12.5. The highest BCUT2D eigenvalue weighted by Crippen LogP contribution is 2.46. The SMILES string of the molecule is CC1(C)[C@H](C(=O)OCc2ccccc2)N2C(=O)[C@@H](NC(=O)CNC(=O)c3ccccc3)[C@H]2S1(=O)=O. The van der Waals surface area contributed by atoms with Crippen molar-refractivity contribution in [3.05, 3.63) is 71.8 Å². The van der Waals surface area contributed by atoms with Crippen LogP contribution < -0.4 is 10.6 Å². The molecule has 10 nitrogen and oxygen atoms in total. The van der Waals surface area contributed by atoms with Crippen molar-refractivity contribution in [3.63, 3.8) is 0 Å². The van der Waals surface area contributed by atoms with E-state index in [0.29, 0.717) is 11.1 Å². The Morgan fingerprint density at radius 3 is 2.23 bits per heavy atom. The van der Waals surface area contributed by atoms with Crippen LogP contribution in [0.25, 0.3) is 0 Å². The molecule has 0 saturated carbocycles. The number of amides is 3. The van der Waals surface area contributed by atoms with Gasteiger partial charge >= 0.3 is 5.97 Å². The quantitative estimate of drug-likeness (QED) is 0.415. The molecule has 2 heterocycles. The number of benzene rings is 2. The summed E-state index contributed by atoms with van der Waals surface area (Å²) in [7, 11) is -4.04. The molecule has 11 heteroatoms. The molecular weight excluding hydrogens is 474 g/mol. The lowest BCUT2D eigenvalue weighted by molar-refractivity contribution is -0.165. The van der Waals surface area contributed by atoms with Gasteiger partial charge in [0.25, 0.3) is 5.91 Å². The summed E-state index contributed by atoms with van der Waals surface area (Å²) in [4.78, 5) is 51.2. The van der Waals surface area contributed by atoms with Gasteiger partial charge in [-0.3, -0.25) is 14.4 Å². The number of nitrogens with zero attached hydrogens (tertiary/aromatic N) is 1. The van der Waals surface area contributed by atoms with Crippen LogP contribution in [0.15, 0.2) is 60.7 Å². The maximum Gasteiger partial charge on any atom is 0.330 e. The summed E-state index contributed by atoms with van der Waals surface area (Å²) < 4.78 is 30.2. The Labute approximate surface area is 202 Å². The Morgan fingerprint density at radius 1 is 1.00 bits per heavy atom. The van der Waals surface area contributed by atoms with Crippen LogP contribution in [0.1, 0.15) is 29.8 Å². The van der Waals surface area contributed by atoms with Crippen molar-refractivity contribution >= 4 is 33.5 Å². The van der Waals surface area contributed by atoms with Crippen molar-refractivity contribution in [1.82, 2.24) is 15.5 Å². The lowest BCUT2D eigenvalue weighted by atomic mass is 9.96. The van der Waals surface area contributed by atoms with E-state index in [-0.39, 0.29) is 6.61 Å². The number of esters is 1. The summed E-state index contributed by atoms with van der Waals surface area (Å²) in [5.74, 6) is -2.75. The third-order valence-electron chi connectivity index (χ3n) is 6.28. The molecule has 2 N–H and O–H groups in total. The fraction of sp³-hybridized carbons (Fsp3) is 0.333. The zero-order valence-corrected chi connectivity index (χ0v) is 19.9. The van der Waals surface area contributed by atoms with Crippen molar-refractivity contribution in [2.45, 2.75) is 42.7 Å². The highest BCUT2D eigenvalue weighted by molar-refractivity contribution is 7.94. The zero-order valence-electron chi connectivity index (χ0n) is 19.1. The molecule has 0 aliphatic carbocycles. The van der Waals surface area contributed by atoms with Gasteiger partial charge in [-0.25, -0.2) is 13.2 Å². The Bertz CT molecular complexity index is 1260. The second-order valence-corrected chi connectivity index (χ2v) is 11.5. The Hall–Kier alpha value is -3.73. The maximum atomic E-state index is 13.2. The molecule has 0 spiro atoms. The van der Waals surface area contributed by atoms with Crippen molar-refractivity contribution in [1.29, 1.82) is 0 Å². The molecule has 4 rings (SSSR count). The van der Waals surface area contributed by atoms with E-state index >= 15 is 0 Å². The lowest BCUT2D eigenvalue weighted by Crippen LogP contribution is -2.72. The van der Waals surface area contributed by atoms with Gasteiger partial charge < -0.3 is 20.3 Å². The fourth-order valence-corrected chi connectivity index (χ4v) is 6.52. The molecule has 0 unspecified atom stereocenters. The van der Waals surface area contributed by atoms with Gasteiger partial charge in [0.05, 0.1) is 6.54 Å². The van der Waals surface area contributed by atoms with Gasteiger partial charge in [0, 0.05) is 5.56 Å². The van der Waals surface area contributed by atoms with E-state index in [4.69, 9.17) is 4.74 Å². The monoisotopic (exact) mass is 499 g/mol. The highest BCUT2D eigenvalue weighted by atomic mass is 32.2. The molecular formula is C24H25N3O7S. The van der Waals surface area contributed by atoms with E-state index in [2.05, 4.69) is 10.6 Å². The number of carbonyl (C=O) groups excluding carboxylic acids is 4. The van der Waals surface area contributed by atoms with Crippen LogP contribution in [-0.2, 0) is 35.6 Å². The maximum absolute atomic E-state index is 13.2. The second kappa shape index (κ2) is 9.14. The van der Waals surface area contributed by atoms with E-state index in [0.717, 1.165) is 4.90 Å². The summed E-state index contributed by atoms with van der Waals surface area (Å²) >= 11 is 0. The number of nitrogens with one attached hydrogen (secondary N) is 2. The smallest absolute Gasteiger partial charge is 0.330 e. The van der Waals surface area contributed by atoms with Crippen LogP contribution in [0, 0.1) is 0 Å². The predicted octanol–water partition coefficient (Wildman–Crippen LogP) is 0.389. The van der Waals surface area contributed by atoms with Gasteiger partial charge in [-0.1, -0.05) is 48.5 Å². The first-order chi connectivity index (χ1) is 16.6. The van der Waals surface area contributed by atoms with Gasteiger partial charge in [-0.15, -0.1) is 0 Å². The van der Waals surface area contributed by atoms with Crippen molar-refractivity contribution in [2.75, 3.05) is 6.54 Å². The Morgan fingerprint density at radius 2 is 1.60 bits per heavy atom. The summed E-state index contributed by atoms with van der Waals surface area (Å²) in [6, 6.07) is 14.4. The third-order valence-corrected chi connectivity index (χ3v) is 9.10. The minimum Gasteiger partial charge on any atom is -0.459 e. The number of carbonyl (C=O) groups is 4. The van der Waals surface area contributed by atoms with E-state index in [1.807, 2.05) is 6.07 Å². The van der Waals surface area contributed by atoms with Gasteiger partial charge in [-0.05, 0) is 31.5 Å². The molecule has 2 saturated heterocycles. The molecule has 0 aromatic heterocycles. The summed E-state index contributed by atoms with van der Waals surface area (Å²) in [5, 5.41) is 3.41. The first kappa shape index (κ1) is 24.4. The predicted molar refractivity (Wildman–Crippen MR) is 124 cm³/mol. The van der Waals surface area contributed by atoms with Crippen molar-refractivity contribution < 1.29 is 32.3 Å². The third kappa shape index (κ3) is 4.27. The van der Waals surface area contributed by atoms with E-state index in [1.54, 1.807) is 54.6 Å². The molecule has 0 bridgehead atoms. The Balaban J connectivity index is 1.42. The van der Waals surface area contributed by atoms with Crippen molar-refractivity contribution in [3.8, 4) is 0 Å². The Kier molecular flexibility index (Phi) is 6.37. The number of ether oxygens (including phenoxy) is 1. The molecule has 2 aromatic rings. The van der Waals surface area contributed by atoms with Crippen LogP contribution in [-0.4, -0.2) is 65.8 Å². The molecule has 2 aliphatic rings. The fourth-order valence-electron chi connectivity index (χ4n) is 4.31. The molecule has 0 radical (unpaired) electrons. The van der Waals surface area contributed by atoms with E-state index in [9.17, 15) is 27.6 Å². The summed E-state index contributed by atoms with van der Waals surface area (Å²) in [6.45, 7) is 2.21. The summed E-state index contributed by atoms with van der Waals surface area (Å²) in [6.07, 6.45) is 0. The van der Waals surface area contributed by atoms with Gasteiger partial charge in [-0.2, -0.15) is 0 Å². The normalized spacial score (nSPS) is 23.5. The number of rotatable bonds is 7. The topological polar surface area (TPSA) is 139 Å². The average molecular weight is 500 g/mol. The zero-order chi connectivity index (χ0) is 25.4. The first-order valence-electron chi connectivity index (χ1n) is 10.9. The second-order valence-electron chi connectivity index (χ2n) is 8.87. The molecule has 2 aromatic carbocycles. The molecule has 3 amide bonds. The van der Waals surface area contributed by atoms with Crippen LogP contribution in [0.4, 0.5) is 0 Å². The standard InChI is InChI=1S/C24H25N3O7S/c1-24(2)19(23(31)34-14-15-9-5-3-6-10-15)27-21(30)18(22(27)35(24,32)33)26-17(28)13-25-20(29)16-11-7-4-8-12-16/h3-12,18-19,22H,13-14H2,1-2H3,(H,25,29)(H,26,28)/t18-,19+,22-/m1/s1. The van der Waals surface area contributed by atoms with Gasteiger partial charge in [0.1, 0.15) is 23.4 Å². The molecule has 184 valence electrons. The number of hydrogen-bond acceptors (Lipinski definition) is 7. The minimum atomic E-state index is -4.04. The van der Waals surface area contributed by atoms with Gasteiger partial charge in [0.15, 0.2) is 15.2 Å². The number of fused-ring (bicyclic) bond motifs is 1. The molecule has 2 aliphatic heterocycles. The number of β-lactam (4-membered cyclic amide) rings is 1. The van der Waals surface area contributed by atoms with Crippen LogP contribution in [0.3, 0.4) is 0 Å². The van der Waals surface area contributed by atoms with Crippen LogP contribution in [0.2, 0.25) is 0 Å². The highest BCUT2D eigenvalue weighted by Gasteiger charge is 2.72. The minimum absolute atomic E-state index is 0.0692. The molecule has 35 heavy (non-hydrogen) atoms. The van der Waals surface area contributed by atoms with E-state index < -0.39 is 62.3 Å². The number of hydrogen-bond donors (Lipinski definition) is 2. The number of sulfone groups is 1. The van der Waals surface area contributed by atoms with E-state index in [1.165, 1.54) is 13.8 Å². The molecule has 3 atom stereocenters.